The number of amides is 2. The fourth-order valence-electron chi connectivity index (χ4n) is 6.27. The molecule has 328 valence electrons. The van der Waals surface area contributed by atoms with Crippen molar-refractivity contribution in [3.05, 3.63) is 120 Å². The van der Waals surface area contributed by atoms with E-state index in [0.29, 0.717) is 113 Å². The Morgan fingerprint density at radius 3 is 2.05 bits per heavy atom. The summed E-state index contributed by atoms with van der Waals surface area (Å²) < 4.78 is 46.6. The Labute approximate surface area is 362 Å². The minimum atomic E-state index is -0.400. The number of aromatic nitrogens is 4. The second kappa shape index (κ2) is 23.8. The SMILES string of the molecule is COCCOCCOCCOCCOCCOc1cc(Cc2nccc(Oc3ccc(NC(=O)Nc4cc(C(C)C)nn4-c4ccc(C)cc4)c4ccccc34)n2)cc(OC)c1. The summed E-state index contributed by atoms with van der Waals surface area (Å²) in [6, 6.07) is 28.2. The van der Waals surface area contributed by atoms with Crippen molar-refractivity contribution >= 4 is 28.3 Å². The van der Waals surface area contributed by atoms with Crippen LogP contribution < -0.4 is 24.8 Å². The third kappa shape index (κ3) is 13.7. The van der Waals surface area contributed by atoms with Crippen LogP contribution >= 0.6 is 0 Å². The third-order valence-electron chi connectivity index (χ3n) is 9.45. The highest BCUT2D eigenvalue weighted by molar-refractivity contribution is 6.07. The van der Waals surface area contributed by atoms with Gasteiger partial charge in [-0.25, -0.2) is 14.5 Å². The fourth-order valence-corrected chi connectivity index (χ4v) is 6.27. The molecule has 15 heteroatoms. The lowest BCUT2D eigenvalue weighted by atomic mass is 10.1. The summed E-state index contributed by atoms with van der Waals surface area (Å²) in [5, 5.41) is 12.4. The van der Waals surface area contributed by atoms with Crippen LogP contribution in [0.5, 0.6) is 23.1 Å². The number of hydrogen-bond donors (Lipinski definition) is 2. The van der Waals surface area contributed by atoms with Crippen molar-refractivity contribution in [2.75, 3.05) is 90.9 Å². The van der Waals surface area contributed by atoms with Crippen LogP contribution in [0, 0.1) is 6.92 Å². The molecular weight excluding hydrogens is 793 g/mol. The summed E-state index contributed by atoms with van der Waals surface area (Å²) in [5.74, 6) is 3.53. The van der Waals surface area contributed by atoms with E-state index in [1.807, 2.05) is 91.9 Å². The smallest absolute Gasteiger partial charge is 0.324 e. The first-order valence-corrected chi connectivity index (χ1v) is 20.7. The monoisotopic (exact) mass is 848 g/mol. The number of aryl methyl sites for hydroxylation is 1. The first kappa shape index (κ1) is 45.4. The van der Waals surface area contributed by atoms with Gasteiger partial charge in [-0.05, 0) is 54.8 Å². The largest absolute Gasteiger partial charge is 0.497 e. The number of carbonyl (C=O) groups excluding carboxylic acids is 1. The van der Waals surface area contributed by atoms with E-state index in [4.69, 9.17) is 48.0 Å². The molecule has 0 spiro atoms. The Kier molecular flexibility index (Phi) is 17.4. The molecular formula is C47H56N6O9. The zero-order valence-corrected chi connectivity index (χ0v) is 36.1. The number of methoxy groups -OCH3 is 2. The molecule has 0 bridgehead atoms. The van der Waals surface area contributed by atoms with Crippen molar-refractivity contribution in [1.82, 2.24) is 19.7 Å². The van der Waals surface area contributed by atoms with E-state index in [9.17, 15) is 4.79 Å². The summed E-state index contributed by atoms with van der Waals surface area (Å²) in [5.41, 5.74) is 4.37. The fraction of sp³-hybridized carbons (Fsp3) is 0.362. The molecule has 2 heterocycles. The lowest BCUT2D eigenvalue weighted by molar-refractivity contribution is -0.00978. The predicted molar refractivity (Wildman–Crippen MR) is 238 cm³/mol. The van der Waals surface area contributed by atoms with Crippen LogP contribution in [-0.2, 0) is 30.1 Å². The number of nitrogens with zero attached hydrogens (tertiary/aromatic N) is 4. The average molecular weight is 849 g/mol. The standard InChI is InChI=1S/C47H56N6O9/c1-33(2)42-32-45(53(52-42)36-12-10-34(3)11-13-36)51-47(54)49-41-14-15-43(40-9-7-6-8-39(40)41)62-46-16-17-48-44(50-46)30-35-28-37(56-5)31-38(29-35)61-27-26-60-25-24-59-23-22-58-21-20-57-19-18-55-4/h6-17,28-29,31-33H,18-27,30H2,1-5H3,(H2,49,51,54). The number of anilines is 2. The van der Waals surface area contributed by atoms with Gasteiger partial charge in [0.25, 0.3) is 0 Å². The normalized spacial score (nSPS) is 11.3. The van der Waals surface area contributed by atoms with Gasteiger partial charge in [0, 0.05) is 48.7 Å². The molecule has 2 N–H and O–H groups in total. The van der Waals surface area contributed by atoms with E-state index >= 15 is 0 Å². The molecule has 2 amide bonds. The molecule has 0 fully saturated rings. The minimum Gasteiger partial charge on any atom is -0.497 e. The van der Waals surface area contributed by atoms with Crippen molar-refractivity contribution in [3.63, 3.8) is 0 Å². The lowest BCUT2D eigenvalue weighted by Gasteiger charge is -2.14. The van der Waals surface area contributed by atoms with Gasteiger partial charge in [0.2, 0.25) is 5.88 Å². The van der Waals surface area contributed by atoms with Crippen LogP contribution in [0.2, 0.25) is 0 Å². The highest BCUT2D eigenvalue weighted by atomic mass is 16.6. The van der Waals surface area contributed by atoms with Gasteiger partial charge in [-0.1, -0.05) is 55.8 Å². The maximum atomic E-state index is 13.5. The third-order valence-corrected chi connectivity index (χ3v) is 9.45. The highest BCUT2D eigenvalue weighted by Gasteiger charge is 2.17. The molecule has 0 aliphatic carbocycles. The zero-order chi connectivity index (χ0) is 43.5. The van der Waals surface area contributed by atoms with E-state index < -0.39 is 6.03 Å². The molecule has 0 radical (unpaired) electrons. The average Bonchev–Trinajstić information content (AvgIpc) is 3.70. The van der Waals surface area contributed by atoms with Gasteiger partial charge in [-0.3, -0.25) is 5.32 Å². The van der Waals surface area contributed by atoms with Crippen molar-refractivity contribution in [1.29, 1.82) is 0 Å². The van der Waals surface area contributed by atoms with Gasteiger partial charge < -0.3 is 43.2 Å². The summed E-state index contributed by atoms with van der Waals surface area (Å²) in [6.45, 7) is 11.0. The van der Waals surface area contributed by atoms with Crippen LogP contribution in [0.3, 0.4) is 0 Å². The van der Waals surface area contributed by atoms with Crippen LogP contribution in [-0.4, -0.2) is 106 Å². The number of urea groups is 1. The first-order chi connectivity index (χ1) is 30.3. The summed E-state index contributed by atoms with van der Waals surface area (Å²) in [6.07, 6.45) is 2.07. The van der Waals surface area contributed by atoms with Crippen molar-refractivity contribution in [2.45, 2.75) is 33.1 Å². The van der Waals surface area contributed by atoms with Gasteiger partial charge in [-0.15, -0.1) is 0 Å². The van der Waals surface area contributed by atoms with Gasteiger partial charge in [0.15, 0.2) is 0 Å². The highest BCUT2D eigenvalue weighted by Crippen LogP contribution is 2.34. The van der Waals surface area contributed by atoms with Crippen LogP contribution in [0.25, 0.3) is 16.5 Å². The number of ether oxygens (including phenoxy) is 8. The molecule has 6 aromatic rings. The summed E-state index contributed by atoms with van der Waals surface area (Å²) in [7, 11) is 3.25. The van der Waals surface area contributed by atoms with Gasteiger partial charge >= 0.3 is 6.03 Å². The van der Waals surface area contributed by atoms with E-state index in [0.717, 1.165) is 33.3 Å². The number of rotatable bonds is 25. The maximum Gasteiger partial charge on any atom is 0.324 e. The molecule has 4 aromatic carbocycles. The van der Waals surface area contributed by atoms with Crippen molar-refractivity contribution in [2.24, 2.45) is 0 Å². The predicted octanol–water partition coefficient (Wildman–Crippen LogP) is 8.37. The number of hydrogen-bond acceptors (Lipinski definition) is 12. The number of carbonyl (C=O) groups is 1. The molecule has 62 heavy (non-hydrogen) atoms. The Morgan fingerprint density at radius 1 is 0.710 bits per heavy atom. The lowest BCUT2D eigenvalue weighted by Crippen LogP contribution is -2.21. The Balaban J connectivity index is 1.01. The molecule has 0 aliphatic rings. The minimum absolute atomic E-state index is 0.178. The molecule has 0 atom stereocenters. The van der Waals surface area contributed by atoms with Gasteiger partial charge in [0.05, 0.1) is 83.6 Å². The summed E-state index contributed by atoms with van der Waals surface area (Å²) >= 11 is 0. The van der Waals surface area contributed by atoms with Crippen LogP contribution in [0.15, 0.2) is 97.2 Å². The van der Waals surface area contributed by atoms with Gasteiger partial charge in [0.1, 0.15) is 35.5 Å². The molecule has 0 aliphatic heterocycles. The Morgan fingerprint density at radius 2 is 1.37 bits per heavy atom. The molecule has 0 saturated carbocycles. The van der Waals surface area contributed by atoms with Crippen molar-refractivity contribution in [3.8, 4) is 28.8 Å². The van der Waals surface area contributed by atoms with Crippen LogP contribution in [0.4, 0.5) is 16.3 Å². The van der Waals surface area contributed by atoms with E-state index in [1.165, 1.54) is 0 Å². The summed E-state index contributed by atoms with van der Waals surface area (Å²) in [4.78, 5) is 22.7. The van der Waals surface area contributed by atoms with E-state index in [1.54, 1.807) is 31.2 Å². The second-order valence-corrected chi connectivity index (χ2v) is 14.5. The number of nitrogens with one attached hydrogen (secondary N) is 2. The van der Waals surface area contributed by atoms with E-state index in [-0.39, 0.29) is 5.92 Å². The Bertz CT molecular complexity index is 2320. The quantitative estimate of drug-likeness (QED) is 0.0531. The second-order valence-electron chi connectivity index (χ2n) is 14.5. The zero-order valence-electron chi connectivity index (χ0n) is 36.1. The molecule has 15 nitrogen and oxygen atoms in total. The molecule has 0 saturated heterocycles. The maximum absolute atomic E-state index is 13.5. The van der Waals surface area contributed by atoms with Crippen LogP contribution in [0.1, 0.15) is 42.4 Å². The molecule has 6 rings (SSSR count). The van der Waals surface area contributed by atoms with Gasteiger partial charge in [-0.2, -0.15) is 10.1 Å². The van der Waals surface area contributed by atoms with Crippen molar-refractivity contribution < 1.29 is 42.7 Å². The topological polar surface area (TPSA) is 159 Å². The first-order valence-electron chi connectivity index (χ1n) is 20.7. The molecule has 2 aromatic heterocycles. The van der Waals surface area contributed by atoms with E-state index in [2.05, 4.69) is 29.5 Å². The molecule has 0 unspecified atom stereocenters. The Hall–Kier alpha value is -6.10. The number of benzene rings is 4. The number of fused-ring (bicyclic) bond motifs is 1.